The number of hydrogen-bond acceptors (Lipinski definition) is 4. The Morgan fingerprint density at radius 2 is 1.68 bits per heavy atom. The highest BCUT2D eigenvalue weighted by molar-refractivity contribution is 6.29. The molecule has 1 aromatic carbocycles. The fourth-order valence-electron chi connectivity index (χ4n) is 3.33. The minimum atomic E-state index is -1.45. The van der Waals surface area contributed by atoms with E-state index in [0.717, 1.165) is 11.1 Å². The number of aliphatic hydroxyl groups is 1. The van der Waals surface area contributed by atoms with Gasteiger partial charge < -0.3 is 21.1 Å². The molecular formula is C26H38ClN3O4. The Balaban J connectivity index is 2.92. The molecule has 1 rings (SSSR count). The van der Waals surface area contributed by atoms with Crippen LogP contribution in [0.5, 0.6) is 0 Å². The van der Waals surface area contributed by atoms with Gasteiger partial charge in [-0.15, -0.1) is 0 Å². The molecule has 1 aromatic rings. The molecule has 8 heteroatoms. The van der Waals surface area contributed by atoms with Crippen molar-refractivity contribution in [3.8, 4) is 0 Å². The number of carbonyl (C=O) groups is 3. The molecule has 0 saturated heterocycles. The predicted molar refractivity (Wildman–Crippen MR) is 136 cm³/mol. The second-order valence-corrected chi connectivity index (χ2v) is 9.30. The molecule has 0 aliphatic carbocycles. The van der Waals surface area contributed by atoms with Crippen LogP contribution in [0.1, 0.15) is 53.0 Å². The Labute approximate surface area is 208 Å². The quantitative estimate of drug-likeness (QED) is 0.318. The van der Waals surface area contributed by atoms with Crippen LogP contribution in [0.3, 0.4) is 0 Å². The van der Waals surface area contributed by atoms with E-state index >= 15 is 0 Å². The zero-order valence-electron chi connectivity index (χ0n) is 20.7. The lowest BCUT2D eigenvalue weighted by Crippen LogP contribution is -2.56. The number of benzene rings is 1. The van der Waals surface area contributed by atoms with Crippen LogP contribution < -0.4 is 16.0 Å². The minimum Gasteiger partial charge on any atom is -0.381 e. The third-order valence-corrected chi connectivity index (χ3v) is 5.34. The van der Waals surface area contributed by atoms with Crippen LogP contribution in [-0.4, -0.2) is 47.6 Å². The van der Waals surface area contributed by atoms with Gasteiger partial charge >= 0.3 is 0 Å². The van der Waals surface area contributed by atoms with Crippen molar-refractivity contribution in [3.05, 3.63) is 58.7 Å². The van der Waals surface area contributed by atoms with Crippen LogP contribution in [-0.2, 0) is 20.8 Å². The van der Waals surface area contributed by atoms with Crippen molar-refractivity contribution in [2.45, 2.75) is 72.1 Å². The van der Waals surface area contributed by atoms with Gasteiger partial charge in [0.25, 0.3) is 5.91 Å². The molecule has 0 saturated carbocycles. The first-order valence-electron chi connectivity index (χ1n) is 11.6. The van der Waals surface area contributed by atoms with Gasteiger partial charge in [-0.2, -0.15) is 0 Å². The zero-order chi connectivity index (χ0) is 25.7. The third kappa shape index (κ3) is 11.0. The van der Waals surface area contributed by atoms with Gasteiger partial charge in [-0.3, -0.25) is 14.4 Å². The highest BCUT2D eigenvalue weighted by atomic mass is 35.5. The zero-order valence-corrected chi connectivity index (χ0v) is 21.5. The lowest BCUT2D eigenvalue weighted by molar-refractivity contribution is -0.134. The van der Waals surface area contributed by atoms with E-state index in [1.54, 1.807) is 26.0 Å². The van der Waals surface area contributed by atoms with E-state index in [2.05, 4.69) is 16.0 Å². The second kappa shape index (κ2) is 15.3. The lowest BCUT2D eigenvalue weighted by Gasteiger charge is -2.28. The van der Waals surface area contributed by atoms with Gasteiger partial charge in [0, 0.05) is 18.0 Å². The molecule has 0 spiro atoms. The highest BCUT2D eigenvalue weighted by Crippen LogP contribution is 2.13. The van der Waals surface area contributed by atoms with Crippen molar-refractivity contribution in [1.82, 2.24) is 16.0 Å². The molecule has 4 N–H and O–H groups in total. The molecule has 34 heavy (non-hydrogen) atoms. The van der Waals surface area contributed by atoms with E-state index in [4.69, 9.17) is 11.6 Å². The van der Waals surface area contributed by atoms with Gasteiger partial charge in [-0.1, -0.05) is 67.4 Å². The van der Waals surface area contributed by atoms with Crippen LogP contribution in [0.2, 0.25) is 0 Å². The normalized spacial score (nSPS) is 14.8. The molecule has 0 radical (unpaired) electrons. The van der Waals surface area contributed by atoms with Gasteiger partial charge in [-0.05, 0) is 51.2 Å². The van der Waals surface area contributed by atoms with Crippen molar-refractivity contribution in [3.63, 3.8) is 0 Å². The summed E-state index contributed by atoms with van der Waals surface area (Å²) in [5, 5.41) is 19.4. The maximum atomic E-state index is 13.1. The fraction of sp³-hybridized carbons (Fsp3) is 0.500. The molecule has 0 heterocycles. The Kier molecular flexibility index (Phi) is 13.2. The summed E-state index contributed by atoms with van der Waals surface area (Å²) < 4.78 is 0. The number of aliphatic hydroxyl groups excluding tert-OH is 1. The predicted octanol–water partition coefficient (Wildman–Crippen LogP) is 3.22. The summed E-state index contributed by atoms with van der Waals surface area (Å²) in [6.07, 6.45) is 3.08. The van der Waals surface area contributed by atoms with E-state index in [1.165, 1.54) is 0 Å². The standard InChI is InChI=1S/C26H38ClN3O4/c1-6-28-26(34)24(32)21(16-18(4)12-13-19(5)27)29-25(33)23(17(2)3)30-22(31)15-14-20-10-8-7-9-11-20/h7-13,17,21,23-24,32H,6,14-16H2,1-5H3,(H,28,34)(H,29,33)(H,30,31)/b18-12+,19-13+/t21?,23-,24?/m0/s1. The Hall–Kier alpha value is -2.64. The molecule has 3 amide bonds. The smallest absolute Gasteiger partial charge is 0.250 e. The largest absolute Gasteiger partial charge is 0.381 e. The Bertz CT molecular complexity index is 864. The summed E-state index contributed by atoms with van der Waals surface area (Å²) in [4.78, 5) is 37.9. The number of halogens is 1. The summed E-state index contributed by atoms with van der Waals surface area (Å²) in [5.41, 5.74) is 1.86. The lowest BCUT2D eigenvalue weighted by atomic mass is 9.98. The number of likely N-dealkylation sites (N-methyl/N-ethyl adjacent to an activating group) is 1. The van der Waals surface area contributed by atoms with Crippen LogP contribution in [0, 0.1) is 5.92 Å². The number of carbonyl (C=O) groups excluding carboxylic acids is 3. The second-order valence-electron chi connectivity index (χ2n) is 8.70. The summed E-state index contributed by atoms with van der Waals surface area (Å²) in [5.74, 6) is -1.45. The van der Waals surface area contributed by atoms with E-state index in [0.29, 0.717) is 18.0 Å². The van der Waals surface area contributed by atoms with Gasteiger partial charge in [0.15, 0.2) is 6.10 Å². The molecule has 0 aliphatic rings. The fourth-order valence-corrected chi connectivity index (χ4v) is 3.39. The minimum absolute atomic E-state index is 0.193. The Morgan fingerprint density at radius 1 is 1.03 bits per heavy atom. The first-order valence-corrected chi connectivity index (χ1v) is 12.0. The van der Waals surface area contributed by atoms with Crippen molar-refractivity contribution in [2.24, 2.45) is 5.92 Å². The summed E-state index contributed by atoms with van der Waals surface area (Å²) >= 11 is 5.88. The number of nitrogens with one attached hydrogen (secondary N) is 3. The Morgan fingerprint density at radius 3 is 2.24 bits per heavy atom. The molecule has 0 bridgehead atoms. The SMILES string of the molecule is CCNC(=O)C(O)C(C/C(C)=C/C=C(\C)Cl)NC(=O)[C@@H](NC(=O)CCc1ccccc1)C(C)C. The van der Waals surface area contributed by atoms with Crippen molar-refractivity contribution < 1.29 is 19.5 Å². The number of allylic oxidation sites excluding steroid dienone is 3. The van der Waals surface area contributed by atoms with Crippen molar-refractivity contribution in [2.75, 3.05) is 6.54 Å². The van der Waals surface area contributed by atoms with Crippen LogP contribution in [0.4, 0.5) is 0 Å². The average molecular weight is 492 g/mol. The molecule has 2 unspecified atom stereocenters. The molecule has 3 atom stereocenters. The molecule has 0 fully saturated rings. The first-order chi connectivity index (χ1) is 16.0. The molecular weight excluding hydrogens is 454 g/mol. The van der Waals surface area contributed by atoms with E-state index in [1.807, 2.05) is 51.1 Å². The summed E-state index contributed by atoms with van der Waals surface area (Å²) in [6.45, 7) is 9.32. The number of amides is 3. The highest BCUT2D eigenvalue weighted by Gasteiger charge is 2.31. The third-order valence-electron chi connectivity index (χ3n) is 5.22. The maximum absolute atomic E-state index is 13.1. The van der Waals surface area contributed by atoms with E-state index < -0.39 is 30.0 Å². The topological polar surface area (TPSA) is 108 Å². The van der Waals surface area contributed by atoms with Gasteiger partial charge in [0.05, 0.1) is 6.04 Å². The summed E-state index contributed by atoms with van der Waals surface area (Å²) in [6, 6.07) is 7.96. The molecule has 7 nitrogen and oxygen atoms in total. The van der Waals surface area contributed by atoms with Crippen LogP contribution in [0.25, 0.3) is 0 Å². The van der Waals surface area contributed by atoms with Crippen molar-refractivity contribution in [1.29, 1.82) is 0 Å². The van der Waals surface area contributed by atoms with Gasteiger partial charge in [0.2, 0.25) is 11.8 Å². The molecule has 188 valence electrons. The van der Waals surface area contributed by atoms with Crippen LogP contribution in [0.15, 0.2) is 53.1 Å². The number of rotatable bonds is 13. The molecule has 0 aromatic heterocycles. The first kappa shape index (κ1) is 29.4. The number of hydrogen-bond donors (Lipinski definition) is 4. The monoisotopic (exact) mass is 491 g/mol. The van der Waals surface area contributed by atoms with Gasteiger partial charge in [0.1, 0.15) is 6.04 Å². The van der Waals surface area contributed by atoms with E-state index in [9.17, 15) is 19.5 Å². The van der Waals surface area contributed by atoms with Gasteiger partial charge in [-0.25, -0.2) is 0 Å². The van der Waals surface area contributed by atoms with E-state index in [-0.39, 0.29) is 24.7 Å². The summed E-state index contributed by atoms with van der Waals surface area (Å²) in [7, 11) is 0. The molecule has 0 aliphatic heterocycles. The number of aryl methyl sites for hydroxylation is 1. The average Bonchev–Trinajstić information content (AvgIpc) is 2.79. The van der Waals surface area contributed by atoms with Crippen molar-refractivity contribution >= 4 is 29.3 Å². The van der Waals surface area contributed by atoms with Crippen LogP contribution >= 0.6 is 11.6 Å². The maximum Gasteiger partial charge on any atom is 0.250 e.